The molecule has 1 heterocycles. The van der Waals surface area contributed by atoms with Gasteiger partial charge in [-0.05, 0) is 26.8 Å². The molecule has 0 unspecified atom stereocenters. The van der Waals surface area contributed by atoms with E-state index in [-0.39, 0.29) is 5.41 Å². The molecule has 1 fully saturated rings. The Labute approximate surface area is 113 Å². The van der Waals surface area contributed by atoms with Gasteiger partial charge in [0.2, 0.25) is 0 Å². The van der Waals surface area contributed by atoms with E-state index < -0.39 is 0 Å². The molecule has 1 aliphatic carbocycles. The standard InChI is InChI=1S/C14H22N2OS/c1-12-13(18-11-15-12)8-16(2)9-14(10-17)6-4-3-5-7-14/h10-11H,3-9H2,1-2H3. The summed E-state index contributed by atoms with van der Waals surface area (Å²) in [6.07, 6.45) is 7.01. The number of carbonyl (C=O) groups excluding carboxylic acids is 1. The summed E-state index contributed by atoms with van der Waals surface area (Å²) >= 11 is 1.71. The molecule has 18 heavy (non-hydrogen) atoms. The Kier molecular flexibility index (Phi) is 4.51. The van der Waals surface area contributed by atoms with Crippen molar-refractivity contribution < 1.29 is 4.79 Å². The van der Waals surface area contributed by atoms with Crippen LogP contribution in [0.5, 0.6) is 0 Å². The average molecular weight is 266 g/mol. The molecule has 0 saturated heterocycles. The zero-order valence-electron chi connectivity index (χ0n) is 11.3. The maximum atomic E-state index is 11.5. The summed E-state index contributed by atoms with van der Waals surface area (Å²) in [5.74, 6) is 0. The summed E-state index contributed by atoms with van der Waals surface area (Å²) in [5, 5.41) is 0. The maximum absolute atomic E-state index is 11.5. The normalized spacial score (nSPS) is 19.1. The summed E-state index contributed by atoms with van der Waals surface area (Å²) in [7, 11) is 2.11. The second kappa shape index (κ2) is 5.93. The lowest BCUT2D eigenvalue weighted by Gasteiger charge is -2.35. The molecule has 0 aliphatic heterocycles. The summed E-state index contributed by atoms with van der Waals surface area (Å²) < 4.78 is 0. The molecule has 1 saturated carbocycles. The minimum absolute atomic E-state index is 0.0917. The fourth-order valence-corrected chi connectivity index (χ4v) is 3.74. The van der Waals surface area contributed by atoms with Gasteiger partial charge in [-0.3, -0.25) is 0 Å². The number of hydrogen-bond acceptors (Lipinski definition) is 4. The van der Waals surface area contributed by atoms with Crippen molar-refractivity contribution in [1.82, 2.24) is 9.88 Å². The van der Waals surface area contributed by atoms with Crippen LogP contribution in [0.25, 0.3) is 0 Å². The van der Waals surface area contributed by atoms with Crippen molar-refractivity contribution in [2.45, 2.75) is 45.6 Å². The third kappa shape index (κ3) is 3.18. The largest absolute Gasteiger partial charge is 0.303 e. The average Bonchev–Trinajstić information content (AvgIpc) is 2.76. The molecule has 0 N–H and O–H groups in total. The van der Waals surface area contributed by atoms with Crippen molar-refractivity contribution >= 4 is 17.6 Å². The molecule has 1 aromatic rings. The topological polar surface area (TPSA) is 33.2 Å². The minimum atomic E-state index is -0.0917. The molecule has 0 bridgehead atoms. The Morgan fingerprint density at radius 3 is 2.72 bits per heavy atom. The minimum Gasteiger partial charge on any atom is -0.303 e. The van der Waals surface area contributed by atoms with Crippen LogP contribution in [0.4, 0.5) is 0 Å². The number of aldehydes is 1. The molecule has 3 nitrogen and oxygen atoms in total. The molecule has 2 rings (SSSR count). The highest BCUT2D eigenvalue weighted by atomic mass is 32.1. The maximum Gasteiger partial charge on any atom is 0.127 e. The number of carbonyl (C=O) groups is 1. The van der Waals surface area contributed by atoms with Crippen molar-refractivity contribution in [3.8, 4) is 0 Å². The molecule has 1 aromatic heterocycles. The van der Waals surface area contributed by atoms with E-state index in [1.165, 1.54) is 30.4 Å². The molecule has 0 amide bonds. The summed E-state index contributed by atoms with van der Waals surface area (Å²) in [5.41, 5.74) is 2.93. The number of rotatable bonds is 5. The van der Waals surface area contributed by atoms with Gasteiger partial charge in [-0.1, -0.05) is 19.3 Å². The first-order chi connectivity index (χ1) is 8.65. The van der Waals surface area contributed by atoms with Gasteiger partial charge in [0.15, 0.2) is 0 Å². The van der Waals surface area contributed by atoms with E-state index in [9.17, 15) is 4.79 Å². The summed E-state index contributed by atoms with van der Waals surface area (Å²) in [6, 6.07) is 0. The van der Waals surface area contributed by atoms with Crippen LogP contribution in [-0.2, 0) is 11.3 Å². The second-order valence-corrected chi connectivity index (χ2v) is 6.51. The zero-order chi connectivity index (χ0) is 13.0. The second-order valence-electron chi connectivity index (χ2n) is 5.57. The highest BCUT2D eigenvalue weighted by molar-refractivity contribution is 7.09. The number of nitrogens with zero attached hydrogens (tertiary/aromatic N) is 2. The van der Waals surface area contributed by atoms with Crippen molar-refractivity contribution in [3.05, 3.63) is 16.1 Å². The van der Waals surface area contributed by atoms with Gasteiger partial charge in [-0.15, -0.1) is 11.3 Å². The van der Waals surface area contributed by atoms with Crippen LogP contribution in [-0.4, -0.2) is 29.8 Å². The van der Waals surface area contributed by atoms with Crippen molar-refractivity contribution in [1.29, 1.82) is 0 Å². The molecular formula is C14H22N2OS. The number of aromatic nitrogens is 1. The Hall–Kier alpha value is -0.740. The fraction of sp³-hybridized carbons (Fsp3) is 0.714. The third-order valence-corrected chi connectivity index (χ3v) is 4.86. The predicted octanol–water partition coefficient (Wildman–Crippen LogP) is 3.03. The monoisotopic (exact) mass is 266 g/mol. The van der Waals surface area contributed by atoms with Crippen LogP contribution < -0.4 is 0 Å². The molecule has 0 aromatic carbocycles. The lowest BCUT2D eigenvalue weighted by Crippen LogP contribution is -2.38. The smallest absolute Gasteiger partial charge is 0.127 e. The number of aryl methyl sites for hydroxylation is 1. The SMILES string of the molecule is Cc1ncsc1CN(C)CC1(C=O)CCCCC1. The van der Waals surface area contributed by atoms with Gasteiger partial charge in [0.05, 0.1) is 11.2 Å². The first-order valence-electron chi connectivity index (χ1n) is 6.69. The van der Waals surface area contributed by atoms with Gasteiger partial charge in [0.1, 0.15) is 6.29 Å². The van der Waals surface area contributed by atoms with Crippen LogP contribution >= 0.6 is 11.3 Å². The van der Waals surface area contributed by atoms with Crippen molar-refractivity contribution in [3.63, 3.8) is 0 Å². The van der Waals surface area contributed by atoms with E-state index in [0.717, 1.165) is 31.6 Å². The van der Waals surface area contributed by atoms with Gasteiger partial charge >= 0.3 is 0 Å². The Balaban J connectivity index is 1.95. The Bertz CT molecular complexity index is 396. The first kappa shape index (κ1) is 13.7. The van der Waals surface area contributed by atoms with Crippen LogP contribution in [0.1, 0.15) is 42.7 Å². The van der Waals surface area contributed by atoms with Crippen LogP contribution in [0, 0.1) is 12.3 Å². The quantitative estimate of drug-likeness (QED) is 0.768. The molecular weight excluding hydrogens is 244 g/mol. The van der Waals surface area contributed by atoms with Gasteiger partial charge in [-0.25, -0.2) is 4.98 Å². The van der Waals surface area contributed by atoms with Crippen LogP contribution in [0.2, 0.25) is 0 Å². The fourth-order valence-electron chi connectivity index (χ4n) is 2.89. The van der Waals surface area contributed by atoms with Crippen LogP contribution in [0.3, 0.4) is 0 Å². The van der Waals surface area contributed by atoms with Gasteiger partial charge in [-0.2, -0.15) is 0 Å². The molecule has 4 heteroatoms. The van der Waals surface area contributed by atoms with Gasteiger partial charge < -0.3 is 9.69 Å². The van der Waals surface area contributed by atoms with E-state index >= 15 is 0 Å². The van der Waals surface area contributed by atoms with Crippen molar-refractivity contribution in [2.75, 3.05) is 13.6 Å². The molecule has 100 valence electrons. The first-order valence-corrected chi connectivity index (χ1v) is 7.57. The van der Waals surface area contributed by atoms with Gasteiger partial charge in [0.25, 0.3) is 0 Å². The lowest BCUT2D eigenvalue weighted by atomic mass is 9.75. The van der Waals surface area contributed by atoms with E-state index in [1.54, 1.807) is 11.3 Å². The van der Waals surface area contributed by atoms with Gasteiger partial charge in [0, 0.05) is 23.4 Å². The Morgan fingerprint density at radius 2 is 2.17 bits per heavy atom. The van der Waals surface area contributed by atoms with Crippen molar-refractivity contribution in [2.24, 2.45) is 5.41 Å². The highest BCUT2D eigenvalue weighted by Crippen LogP contribution is 2.35. The Morgan fingerprint density at radius 1 is 1.44 bits per heavy atom. The van der Waals surface area contributed by atoms with Crippen LogP contribution in [0.15, 0.2) is 5.51 Å². The lowest BCUT2D eigenvalue weighted by molar-refractivity contribution is -0.119. The van der Waals surface area contributed by atoms with E-state index in [4.69, 9.17) is 0 Å². The molecule has 0 radical (unpaired) electrons. The number of hydrogen-bond donors (Lipinski definition) is 0. The summed E-state index contributed by atoms with van der Waals surface area (Å²) in [6.45, 7) is 3.84. The third-order valence-electron chi connectivity index (χ3n) is 3.94. The molecule has 1 aliphatic rings. The summed E-state index contributed by atoms with van der Waals surface area (Å²) in [4.78, 5) is 19.3. The number of thiazole rings is 1. The van der Waals surface area contributed by atoms with E-state index in [0.29, 0.717) is 0 Å². The zero-order valence-corrected chi connectivity index (χ0v) is 12.1. The molecule has 0 atom stereocenters. The predicted molar refractivity (Wildman–Crippen MR) is 74.8 cm³/mol. The van der Waals surface area contributed by atoms with E-state index in [2.05, 4.69) is 23.9 Å². The highest BCUT2D eigenvalue weighted by Gasteiger charge is 2.32. The van der Waals surface area contributed by atoms with E-state index in [1.807, 2.05) is 5.51 Å². The molecule has 0 spiro atoms.